The van der Waals surface area contributed by atoms with Crippen LogP contribution in [0.1, 0.15) is 18.4 Å². The van der Waals surface area contributed by atoms with Crippen molar-refractivity contribution in [2.24, 2.45) is 11.8 Å². The fourth-order valence-electron chi connectivity index (χ4n) is 2.68. The first-order valence-corrected chi connectivity index (χ1v) is 7.59. The van der Waals surface area contributed by atoms with E-state index in [1.54, 1.807) is 0 Å². The molecule has 21 heavy (non-hydrogen) atoms. The van der Waals surface area contributed by atoms with E-state index < -0.39 is 5.92 Å². The molecule has 1 atom stereocenters. The fourth-order valence-corrected chi connectivity index (χ4v) is 2.68. The predicted octanol–water partition coefficient (Wildman–Crippen LogP) is 1.83. The lowest BCUT2D eigenvalue weighted by atomic mass is 9.96. The molecular formula is C17H23N3O. The highest BCUT2D eigenvalue weighted by atomic mass is 16.1. The van der Waals surface area contributed by atoms with Gasteiger partial charge in [0.2, 0.25) is 5.91 Å². The van der Waals surface area contributed by atoms with E-state index >= 15 is 0 Å². The molecule has 1 heterocycles. The van der Waals surface area contributed by atoms with Crippen LogP contribution in [-0.2, 0) is 11.2 Å². The minimum Gasteiger partial charge on any atom is -0.355 e. The number of hydrogen-bond donors (Lipinski definition) is 1. The van der Waals surface area contributed by atoms with Crippen LogP contribution in [0.25, 0.3) is 0 Å². The SMILES string of the molecule is CN1CCC(CNC(=O)C(C#N)Cc2ccccc2)CC1. The van der Waals surface area contributed by atoms with Crippen LogP contribution in [-0.4, -0.2) is 37.5 Å². The highest BCUT2D eigenvalue weighted by Gasteiger charge is 2.21. The van der Waals surface area contributed by atoms with E-state index in [4.69, 9.17) is 0 Å². The van der Waals surface area contributed by atoms with E-state index in [0.29, 0.717) is 18.9 Å². The van der Waals surface area contributed by atoms with Gasteiger partial charge in [-0.1, -0.05) is 30.3 Å². The molecule has 1 N–H and O–H groups in total. The highest BCUT2D eigenvalue weighted by molar-refractivity contribution is 5.81. The number of piperidine rings is 1. The molecule has 0 bridgehead atoms. The second-order valence-corrected chi connectivity index (χ2v) is 5.86. The van der Waals surface area contributed by atoms with Crippen molar-refractivity contribution in [2.45, 2.75) is 19.3 Å². The molecule has 1 aromatic rings. The van der Waals surface area contributed by atoms with Crippen LogP contribution in [0, 0.1) is 23.2 Å². The Hall–Kier alpha value is -1.86. The zero-order valence-electron chi connectivity index (χ0n) is 12.6. The quantitative estimate of drug-likeness (QED) is 0.898. The van der Waals surface area contributed by atoms with Gasteiger partial charge >= 0.3 is 0 Å². The number of benzene rings is 1. The standard InChI is InChI=1S/C17H23N3O/c1-20-9-7-15(8-10-20)13-19-17(21)16(12-18)11-14-5-3-2-4-6-14/h2-6,15-16H,7-11,13H2,1H3,(H,19,21). The Kier molecular flexibility index (Phi) is 5.77. The van der Waals surface area contributed by atoms with Gasteiger partial charge in [-0.05, 0) is 50.9 Å². The van der Waals surface area contributed by atoms with E-state index in [1.165, 1.54) is 0 Å². The van der Waals surface area contributed by atoms with Crippen molar-refractivity contribution in [1.29, 1.82) is 5.26 Å². The monoisotopic (exact) mass is 285 g/mol. The largest absolute Gasteiger partial charge is 0.355 e. The maximum absolute atomic E-state index is 12.1. The topological polar surface area (TPSA) is 56.1 Å². The van der Waals surface area contributed by atoms with Gasteiger partial charge in [-0.15, -0.1) is 0 Å². The summed E-state index contributed by atoms with van der Waals surface area (Å²) in [7, 11) is 2.13. The van der Waals surface area contributed by atoms with Crippen molar-refractivity contribution >= 4 is 5.91 Å². The molecule has 0 radical (unpaired) electrons. The lowest BCUT2D eigenvalue weighted by Gasteiger charge is -2.29. The van der Waals surface area contributed by atoms with Crippen molar-refractivity contribution in [3.8, 4) is 6.07 Å². The summed E-state index contributed by atoms with van der Waals surface area (Å²) in [6.45, 7) is 2.87. The summed E-state index contributed by atoms with van der Waals surface area (Å²) < 4.78 is 0. The molecule has 0 saturated carbocycles. The molecule has 1 aliphatic heterocycles. The summed E-state index contributed by atoms with van der Waals surface area (Å²) in [6.07, 6.45) is 2.72. The molecule has 0 aromatic heterocycles. The highest BCUT2D eigenvalue weighted by Crippen LogP contribution is 2.15. The van der Waals surface area contributed by atoms with Crippen LogP contribution in [0.3, 0.4) is 0 Å². The third kappa shape index (κ3) is 4.87. The fraction of sp³-hybridized carbons (Fsp3) is 0.529. The van der Waals surface area contributed by atoms with Crippen LogP contribution < -0.4 is 5.32 Å². The summed E-state index contributed by atoms with van der Waals surface area (Å²) in [5.74, 6) is -0.194. The molecule has 4 nitrogen and oxygen atoms in total. The Bertz CT molecular complexity index is 487. The number of nitrogens with one attached hydrogen (secondary N) is 1. The van der Waals surface area contributed by atoms with Gasteiger partial charge in [0.05, 0.1) is 6.07 Å². The Labute approximate surface area is 126 Å². The zero-order valence-corrected chi connectivity index (χ0v) is 12.6. The van der Waals surface area contributed by atoms with Crippen LogP contribution in [0.2, 0.25) is 0 Å². The predicted molar refractivity (Wildman–Crippen MR) is 82.5 cm³/mol. The first-order valence-electron chi connectivity index (χ1n) is 7.59. The third-order valence-corrected chi connectivity index (χ3v) is 4.16. The third-order valence-electron chi connectivity index (χ3n) is 4.16. The van der Waals surface area contributed by atoms with Gasteiger partial charge in [0, 0.05) is 6.54 Å². The maximum Gasteiger partial charge on any atom is 0.237 e. The van der Waals surface area contributed by atoms with Crippen molar-refractivity contribution in [3.63, 3.8) is 0 Å². The minimum atomic E-state index is -0.598. The average Bonchev–Trinajstić information content (AvgIpc) is 2.52. The molecule has 1 fully saturated rings. The van der Waals surface area contributed by atoms with Gasteiger partial charge in [-0.2, -0.15) is 5.26 Å². The van der Waals surface area contributed by atoms with Gasteiger partial charge < -0.3 is 10.2 Å². The molecule has 4 heteroatoms. The van der Waals surface area contributed by atoms with Crippen LogP contribution in [0.5, 0.6) is 0 Å². The molecule has 112 valence electrons. The normalized spacial score (nSPS) is 17.9. The number of hydrogen-bond acceptors (Lipinski definition) is 3. The van der Waals surface area contributed by atoms with E-state index in [-0.39, 0.29) is 5.91 Å². The lowest BCUT2D eigenvalue weighted by Crippen LogP contribution is -2.39. The van der Waals surface area contributed by atoms with Crippen molar-refractivity contribution in [2.75, 3.05) is 26.7 Å². The van der Waals surface area contributed by atoms with E-state index in [9.17, 15) is 10.1 Å². The van der Waals surface area contributed by atoms with E-state index in [0.717, 1.165) is 31.5 Å². The number of nitriles is 1. The molecule has 1 unspecified atom stereocenters. The Balaban J connectivity index is 1.79. The van der Waals surface area contributed by atoms with Crippen molar-refractivity contribution in [3.05, 3.63) is 35.9 Å². The zero-order chi connectivity index (χ0) is 15.1. The van der Waals surface area contributed by atoms with Gasteiger partial charge in [-0.25, -0.2) is 0 Å². The minimum absolute atomic E-state index is 0.139. The molecule has 1 aromatic carbocycles. The summed E-state index contributed by atoms with van der Waals surface area (Å²) >= 11 is 0. The molecule has 2 rings (SSSR count). The van der Waals surface area contributed by atoms with Crippen LogP contribution in [0.4, 0.5) is 0 Å². The molecular weight excluding hydrogens is 262 g/mol. The summed E-state index contributed by atoms with van der Waals surface area (Å²) in [5.41, 5.74) is 1.03. The number of nitrogens with zero attached hydrogens (tertiary/aromatic N) is 2. The smallest absolute Gasteiger partial charge is 0.237 e. The second kappa shape index (κ2) is 7.80. The Morgan fingerprint density at radius 3 is 2.67 bits per heavy atom. The number of likely N-dealkylation sites (tertiary alicyclic amines) is 1. The Morgan fingerprint density at radius 1 is 1.38 bits per heavy atom. The van der Waals surface area contributed by atoms with Gasteiger partial charge in [0.15, 0.2) is 0 Å². The van der Waals surface area contributed by atoms with E-state index in [2.05, 4.69) is 23.3 Å². The number of carbonyl (C=O) groups is 1. The molecule has 0 spiro atoms. The molecule has 0 aliphatic carbocycles. The Morgan fingerprint density at radius 2 is 2.05 bits per heavy atom. The summed E-state index contributed by atoms with van der Waals surface area (Å²) in [5, 5.41) is 12.2. The molecule has 1 aliphatic rings. The van der Waals surface area contributed by atoms with Crippen molar-refractivity contribution in [1.82, 2.24) is 10.2 Å². The van der Waals surface area contributed by atoms with Crippen molar-refractivity contribution < 1.29 is 4.79 Å². The second-order valence-electron chi connectivity index (χ2n) is 5.86. The molecule has 1 saturated heterocycles. The van der Waals surface area contributed by atoms with Gasteiger partial charge in [-0.3, -0.25) is 4.79 Å². The summed E-state index contributed by atoms with van der Waals surface area (Å²) in [6, 6.07) is 11.8. The average molecular weight is 285 g/mol. The van der Waals surface area contributed by atoms with Crippen LogP contribution in [0.15, 0.2) is 30.3 Å². The summed E-state index contributed by atoms with van der Waals surface area (Å²) in [4.78, 5) is 14.5. The van der Waals surface area contributed by atoms with E-state index in [1.807, 2.05) is 30.3 Å². The number of amides is 1. The number of rotatable bonds is 5. The lowest BCUT2D eigenvalue weighted by molar-refractivity contribution is -0.123. The first-order chi connectivity index (χ1) is 10.2. The first kappa shape index (κ1) is 15.5. The maximum atomic E-state index is 12.1. The van der Waals surface area contributed by atoms with Gasteiger partial charge in [0.25, 0.3) is 0 Å². The number of carbonyl (C=O) groups excluding carboxylic acids is 1. The molecule has 1 amide bonds. The van der Waals surface area contributed by atoms with Crippen LogP contribution >= 0.6 is 0 Å². The van der Waals surface area contributed by atoms with Gasteiger partial charge in [0.1, 0.15) is 5.92 Å².